The van der Waals surface area contributed by atoms with Crippen LogP contribution in [-0.4, -0.2) is 47.7 Å². The molecule has 1 aliphatic heterocycles. The van der Waals surface area contributed by atoms with Crippen LogP contribution in [0.15, 0.2) is 0 Å². The highest BCUT2D eigenvalue weighted by Gasteiger charge is 2.43. The Morgan fingerprint density at radius 1 is 1.24 bits per heavy atom. The molecule has 4 atom stereocenters. The van der Waals surface area contributed by atoms with E-state index in [4.69, 9.17) is 4.74 Å². The molecule has 0 aromatic carbocycles. The number of likely N-dealkylation sites (N-methyl/N-ethyl adjacent to an activating group) is 1. The topological polar surface area (TPSA) is 66.8 Å². The van der Waals surface area contributed by atoms with Crippen LogP contribution in [0.1, 0.15) is 46.0 Å². The first-order valence-electron chi connectivity index (χ1n) is 8.19. The van der Waals surface area contributed by atoms with Gasteiger partial charge in [-0.1, -0.05) is 13.3 Å². The quantitative estimate of drug-likeness (QED) is 0.816. The molecule has 0 aromatic heterocycles. The van der Waals surface area contributed by atoms with E-state index in [-0.39, 0.29) is 17.9 Å². The van der Waals surface area contributed by atoms with Gasteiger partial charge in [-0.05, 0) is 38.5 Å². The molecule has 2 rings (SSSR count). The number of hydrogen-bond acceptors (Lipinski definition) is 3. The van der Waals surface area contributed by atoms with Gasteiger partial charge in [0.05, 0.1) is 17.9 Å². The lowest BCUT2D eigenvalue weighted by Gasteiger charge is -2.28. The number of aliphatic carboxylic acids is 1. The van der Waals surface area contributed by atoms with E-state index in [0.717, 1.165) is 25.9 Å². The van der Waals surface area contributed by atoms with E-state index < -0.39 is 11.9 Å². The van der Waals surface area contributed by atoms with E-state index in [2.05, 4.69) is 6.92 Å². The normalized spacial score (nSPS) is 32.3. The van der Waals surface area contributed by atoms with Gasteiger partial charge in [-0.15, -0.1) is 0 Å². The Balaban J connectivity index is 2.02. The molecule has 1 saturated heterocycles. The molecule has 0 aromatic rings. The second-order valence-electron chi connectivity index (χ2n) is 6.31. The fraction of sp³-hybridized carbons (Fsp3) is 0.875. The van der Waals surface area contributed by atoms with Crippen LogP contribution in [0, 0.1) is 17.8 Å². The largest absolute Gasteiger partial charge is 0.481 e. The number of rotatable bonds is 6. The highest BCUT2D eigenvalue weighted by atomic mass is 16.5. The van der Waals surface area contributed by atoms with Crippen molar-refractivity contribution in [1.82, 2.24) is 4.90 Å². The minimum Gasteiger partial charge on any atom is -0.481 e. The highest BCUT2D eigenvalue weighted by molar-refractivity contribution is 5.85. The van der Waals surface area contributed by atoms with Crippen molar-refractivity contribution in [2.75, 3.05) is 19.7 Å². The summed E-state index contributed by atoms with van der Waals surface area (Å²) in [6, 6.07) is 0. The van der Waals surface area contributed by atoms with Crippen molar-refractivity contribution in [2.24, 2.45) is 17.8 Å². The predicted molar refractivity (Wildman–Crippen MR) is 78.9 cm³/mol. The van der Waals surface area contributed by atoms with Gasteiger partial charge in [-0.3, -0.25) is 9.59 Å². The van der Waals surface area contributed by atoms with Gasteiger partial charge < -0.3 is 14.7 Å². The molecule has 21 heavy (non-hydrogen) atoms. The van der Waals surface area contributed by atoms with Gasteiger partial charge in [0, 0.05) is 19.7 Å². The Hall–Kier alpha value is -1.10. The molecule has 1 amide bonds. The molecule has 5 heteroatoms. The Labute approximate surface area is 126 Å². The average molecular weight is 297 g/mol. The van der Waals surface area contributed by atoms with Crippen molar-refractivity contribution in [2.45, 2.75) is 52.1 Å². The van der Waals surface area contributed by atoms with Crippen molar-refractivity contribution >= 4 is 11.9 Å². The number of carbonyl (C=O) groups excluding carboxylic acids is 1. The van der Waals surface area contributed by atoms with Crippen LogP contribution in [0.25, 0.3) is 0 Å². The van der Waals surface area contributed by atoms with Crippen LogP contribution in [0.4, 0.5) is 0 Å². The monoisotopic (exact) mass is 297 g/mol. The summed E-state index contributed by atoms with van der Waals surface area (Å²) in [5.74, 6) is -1.31. The molecular formula is C16H27NO4. The SMILES string of the molecule is CCC1C[C@H](C(=O)N(CC)CC2CCCO2)[C@H](C(=O)O)C1. The van der Waals surface area contributed by atoms with E-state index in [9.17, 15) is 14.7 Å². The molecule has 1 saturated carbocycles. The van der Waals surface area contributed by atoms with E-state index >= 15 is 0 Å². The summed E-state index contributed by atoms with van der Waals surface area (Å²) in [5.41, 5.74) is 0. The third kappa shape index (κ3) is 3.76. The summed E-state index contributed by atoms with van der Waals surface area (Å²) in [6.45, 7) is 6.03. The Morgan fingerprint density at radius 2 is 1.95 bits per heavy atom. The molecular weight excluding hydrogens is 270 g/mol. The second-order valence-corrected chi connectivity index (χ2v) is 6.31. The zero-order chi connectivity index (χ0) is 15.4. The fourth-order valence-electron chi connectivity index (χ4n) is 3.67. The number of nitrogens with zero attached hydrogens (tertiary/aromatic N) is 1. The number of carboxylic acid groups (broad SMARTS) is 1. The summed E-state index contributed by atoms with van der Waals surface area (Å²) in [4.78, 5) is 26.0. The number of amides is 1. The molecule has 120 valence electrons. The van der Waals surface area contributed by atoms with Gasteiger partial charge in [-0.25, -0.2) is 0 Å². The van der Waals surface area contributed by atoms with Gasteiger partial charge >= 0.3 is 5.97 Å². The van der Waals surface area contributed by atoms with Gasteiger partial charge in [0.2, 0.25) is 5.91 Å². The fourth-order valence-corrected chi connectivity index (χ4v) is 3.67. The third-order valence-corrected chi connectivity index (χ3v) is 5.01. The van der Waals surface area contributed by atoms with Crippen molar-refractivity contribution in [3.63, 3.8) is 0 Å². The number of carbonyl (C=O) groups is 2. The second kappa shape index (κ2) is 7.25. The van der Waals surface area contributed by atoms with E-state index in [1.165, 1.54) is 0 Å². The predicted octanol–water partition coefficient (Wildman–Crippen LogP) is 2.15. The first-order valence-corrected chi connectivity index (χ1v) is 8.19. The molecule has 1 heterocycles. The van der Waals surface area contributed by atoms with Crippen molar-refractivity contribution in [1.29, 1.82) is 0 Å². The van der Waals surface area contributed by atoms with Crippen LogP contribution in [0.2, 0.25) is 0 Å². The lowest BCUT2D eigenvalue weighted by atomic mass is 9.94. The van der Waals surface area contributed by atoms with E-state index in [1.807, 2.05) is 6.92 Å². The number of carboxylic acids is 1. The van der Waals surface area contributed by atoms with Crippen molar-refractivity contribution < 1.29 is 19.4 Å². The Bertz CT molecular complexity index is 378. The zero-order valence-electron chi connectivity index (χ0n) is 13.1. The van der Waals surface area contributed by atoms with Crippen LogP contribution in [-0.2, 0) is 14.3 Å². The molecule has 2 fully saturated rings. The summed E-state index contributed by atoms with van der Waals surface area (Å²) in [5, 5.41) is 9.39. The molecule has 0 spiro atoms. The van der Waals surface area contributed by atoms with E-state index in [0.29, 0.717) is 31.8 Å². The molecule has 0 radical (unpaired) electrons. The third-order valence-electron chi connectivity index (χ3n) is 5.01. The summed E-state index contributed by atoms with van der Waals surface area (Å²) in [6.07, 6.45) is 4.48. The maximum Gasteiger partial charge on any atom is 0.307 e. The lowest BCUT2D eigenvalue weighted by molar-refractivity contribution is -0.149. The van der Waals surface area contributed by atoms with Gasteiger partial charge in [0.25, 0.3) is 0 Å². The maximum atomic E-state index is 12.7. The standard InChI is InChI=1S/C16H27NO4/c1-3-11-8-13(14(9-11)16(19)20)15(18)17(4-2)10-12-6-5-7-21-12/h11-14H,3-10H2,1-2H3,(H,19,20)/t11?,12?,13-,14+/m0/s1. The van der Waals surface area contributed by atoms with Crippen LogP contribution < -0.4 is 0 Å². The summed E-state index contributed by atoms with van der Waals surface area (Å²) < 4.78 is 5.60. The van der Waals surface area contributed by atoms with Gasteiger partial charge in [0.15, 0.2) is 0 Å². The van der Waals surface area contributed by atoms with E-state index in [1.54, 1.807) is 4.90 Å². The molecule has 2 aliphatic rings. The minimum atomic E-state index is -0.822. The lowest BCUT2D eigenvalue weighted by Crippen LogP contribution is -2.42. The summed E-state index contributed by atoms with van der Waals surface area (Å²) >= 11 is 0. The highest BCUT2D eigenvalue weighted by Crippen LogP contribution is 2.39. The van der Waals surface area contributed by atoms with Crippen LogP contribution >= 0.6 is 0 Å². The maximum absolute atomic E-state index is 12.7. The first kappa shape index (κ1) is 16.3. The van der Waals surface area contributed by atoms with Crippen molar-refractivity contribution in [3.05, 3.63) is 0 Å². The summed E-state index contributed by atoms with van der Waals surface area (Å²) in [7, 11) is 0. The zero-order valence-corrected chi connectivity index (χ0v) is 13.1. The first-order chi connectivity index (χ1) is 10.1. The van der Waals surface area contributed by atoms with Gasteiger partial charge in [0.1, 0.15) is 0 Å². The van der Waals surface area contributed by atoms with Gasteiger partial charge in [-0.2, -0.15) is 0 Å². The average Bonchev–Trinajstić information content (AvgIpc) is 3.12. The van der Waals surface area contributed by atoms with Crippen molar-refractivity contribution in [3.8, 4) is 0 Å². The number of hydrogen-bond donors (Lipinski definition) is 1. The minimum absolute atomic E-state index is 0.0105. The molecule has 0 bridgehead atoms. The number of ether oxygens (including phenoxy) is 1. The smallest absolute Gasteiger partial charge is 0.307 e. The van der Waals surface area contributed by atoms with Crippen LogP contribution in [0.3, 0.4) is 0 Å². The van der Waals surface area contributed by atoms with Crippen LogP contribution in [0.5, 0.6) is 0 Å². The molecule has 5 nitrogen and oxygen atoms in total. The molecule has 1 N–H and O–H groups in total. The molecule has 2 unspecified atom stereocenters. The molecule has 1 aliphatic carbocycles. The Morgan fingerprint density at radius 3 is 2.48 bits per heavy atom. The Kier molecular flexibility index (Phi) is 5.62.